The van der Waals surface area contributed by atoms with Crippen LogP contribution in [0.4, 0.5) is 10.5 Å². The molecule has 0 radical (unpaired) electrons. The Morgan fingerprint density at radius 1 is 1.10 bits per heavy atom. The van der Waals surface area contributed by atoms with Gasteiger partial charge in [0.2, 0.25) is 0 Å². The number of rotatable bonds is 1. The molecule has 0 unspecified atom stereocenters. The summed E-state index contributed by atoms with van der Waals surface area (Å²) in [5, 5.41) is 12.4. The van der Waals surface area contributed by atoms with E-state index in [0.29, 0.717) is 21.6 Å². The maximum absolute atomic E-state index is 12.4. The third-order valence-corrected chi connectivity index (χ3v) is 5.08. The zero-order valence-electron chi connectivity index (χ0n) is 11.6. The van der Waals surface area contributed by atoms with Crippen LogP contribution < -0.4 is 10.2 Å². The van der Waals surface area contributed by atoms with Crippen LogP contribution in [0, 0.1) is 5.41 Å². The van der Waals surface area contributed by atoms with Crippen molar-refractivity contribution >= 4 is 40.8 Å². The molecule has 112 valence electrons. The number of nitrogens with zero attached hydrogens (tertiary/aromatic N) is 1. The Hall–Kier alpha value is -1.26. The van der Waals surface area contributed by atoms with Gasteiger partial charge in [-0.1, -0.05) is 48.9 Å². The first-order valence-electron chi connectivity index (χ1n) is 7.20. The topological polar surface area (TPSA) is 56.2 Å². The van der Waals surface area contributed by atoms with Gasteiger partial charge in [-0.05, 0) is 31.0 Å². The van der Waals surface area contributed by atoms with Gasteiger partial charge >= 0.3 is 6.03 Å². The highest BCUT2D eigenvalue weighted by atomic mass is 35.5. The van der Waals surface area contributed by atoms with Gasteiger partial charge < -0.3 is 5.32 Å². The van der Waals surface area contributed by atoms with Gasteiger partial charge in [0.1, 0.15) is 5.84 Å². The average molecular weight is 326 g/mol. The summed E-state index contributed by atoms with van der Waals surface area (Å²) >= 11 is 11.9. The molecule has 2 amide bonds. The zero-order chi connectivity index (χ0) is 15.0. The van der Waals surface area contributed by atoms with E-state index < -0.39 is 5.54 Å². The summed E-state index contributed by atoms with van der Waals surface area (Å²) in [6.45, 7) is 0. The molecular formula is C15H17Cl2N3O. The molecule has 1 spiro atoms. The summed E-state index contributed by atoms with van der Waals surface area (Å²) in [4.78, 5) is 13.8. The molecule has 0 bridgehead atoms. The third kappa shape index (κ3) is 2.51. The summed E-state index contributed by atoms with van der Waals surface area (Å²) in [6.07, 6.45) is 6.07. The molecule has 1 saturated carbocycles. The van der Waals surface area contributed by atoms with Crippen LogP contribution in [-0.2, 0) is 0 Å². The number of hydrogen-bond acceptors (Lipinski definition) is 2. The number of carbonyl (C=O) groups is 1. The van der Waals surface area contributed by atoms with Crippen molar-refractivity contribution in [3.05, 3.63) is 28.2 Å². The van der Waals surface area contributed by atoms with E-state index in [1.807, 2.05) is 0 Å². The largest absolute Gasteiger partial charge is 0.328 e. The van der Waals surface area contributed by atoms with Crippen molar-refractivity contribution in [2.24, 2.45) is 0 Å². The van der Waals surface area contributed by atoms with Gasteiger partial charge in [0.15, 0.2) is 0 Å². The normalized spacial score (nSPS) is 21.5. The second-order valence-electron chi connectivity index (χ2n) is 5.71. The van der Waals surface area contributed by atoms with Gasteiger partial charge in [-0.3, -0.25) is 5.41 Å². The van der Waals surface area contributed by atoms with E-state index in [1.165, 1.54) is 4.90 Å². The maximum Gasteiger partial charge on any atom is 0.328 e. The molecule has 21 heavy (non-hydrogen) atoms. The van der Waals surface area contributed by atoms with E-state index in [4.69, 9.17) is 28.6 Å². The minimum atomic E-state index is -0.514. The van der Waals surface area contributed by atoms with Crippen LogP contribution in [0.1, 0.15) is 38.5 Å². The predicted molar refractivity (Wildman–Crippen MR) is 85.6 cm³/mol. The highest BCUT2D eigenvalue weighted by Gasteiger charge is 2.48. The zero-order valence-corrected chi connectivity index (χ0v) is 13.1. The molecule has 1 saturated heterocycles. The minimum absolute atomic E-state index is 0.250. The van der Waals surface area contributed by atoms with Gasteiger partial charge in [-0.25, -0.2) is 9.69 Å². The molecule has 0 atom stereocenters. The number of amides is 2. The second-order valence-corrected chi connectivity index (χ2v) is 6.52. The monoisotopic (exact) mass is 325 g/mol. The van der Waals surface area contributed by atoms with Gasteiger partial charge in [-0.2, -0.15) is 0 Å². The molecular weight excluding hydrogens is 309 g/mol. The Morgan fingerprint density at radius 2 is 1.76 bits per heavy atom. The lowest BCUT2D eigenvalue weighted by atomic mass is 9.90. The lowest BCUT2D eigenvalue weighted by molar-refractivity contribution is 0.245. The highest BCUT2D eigenvalue weighted by molar-refractivity contribution is 6.42. The number of halogens is 2. The van der Waals surface area contributed by atoms with Crippen LogP contribution in [0.5, 0.6) is 0 Å². The molecule has 1 heterocycles. The van der Waals surface area contributed by atoms with Crippen molar-refractivity contribution in [3.63, 3.8) is 0 Å². The molecule has 2 fully saturated rings. The molecule has 3 rings (SSSR count). The fraction of sp³-hybridized carbons (Fsp3) is 0.467. The number of hydrogen-bond donors (Lipinski definition) is 2. The van der Waals surface area contributed by atoms with E-state index >= 15 is 0 Å². The number of urea groups is 1. The summed E-state index contributed by atoms with van der Waals surface area (Å²) in [6, 6.07) is 4.75. The Kier molecular flexibility index (Phi) is 3.84. The minimum Gasteiger partial charge on any atom is -0.325 e. The second kappa shape index (κ2) is 5.50. The maximum atomic E-state index is 12.4. The van der Waals surface area contributed by atoms with Crippen LogP contribution in [0.3, 0.4) is 0 Å². The third-order valence-electron chi connectivity index (χ3n) is 4.34. The first kappa shape index (κ1) is 14.7. The average Bonchev–Trinajstić information content (AvgIpc) is 2.61. The van der Waals surface area contributed by atoms with Gasteiger partial charge in [0, 0.05) is 0 Å². The SMILES string of the molecule is N=C1N(c2ccc(Cl)c(Cl)c2)C(=O)NC12CCCCCC2. The molecule has 2 aliphatic rings. The lowest BCUT2D eigenvalue weighted by Crippen LogP contribution is -2.46. The van der Waals surface area contributed by atoms with Crippen molar-refractivity contribution in [1.82, 2.24) is 5.32 Å². The summed E-state index contributed by atoms with van der Waals surface area (Å²) in [5.74, 6) is 0.327. The number of amidine groups is 1. The van der Waals surface area contributed by atoms with Gasteiger partial charge in [-0.15, -0.1) is 0 Å². The standard InChI is InChI=1S/C15H17Cl2N3O/c16-11-6-5-10(9-12(11)17)20-13(18)15(19-14(20)21)7-3-1-2-4-8-15/h5-6,9,18H,1-4,7-8H2,(H,19,21). The van der Waals surface area contributed by atoms with Crippen molar-refractivity contribution in [3.8, 4) is 0 Å². The van der Waals surface area contributed by atoms with Crippen LogP contribution in [0.2, 0.25) is 10.0 Å². The summed E-state index contributed by atoms with van der Waals surface area (Å²) in [5.41, 5.74) is 0.0766. The molecule has 1 aromatic rings. The van der Waals surface area contributed by atoms with Crippen molar-refractivity contribution in [1.29, 1.82) is 5.41 Å². The van der Waals surface area contributed by atoms with Gasteiger partial charge in [0.25, 0.3) is 0 Å². The van der Waals surface area contributed by atoms with Gasteiger partial charge in [0.05, 0.1) is 21.3 Å². The van der Waals surface area contributed by atoms with E-state index in [2.05, 4.69) is 5.32 Å². The predicted octanol–water partition coefficient (Wildman–Crippen LogP) is 4.59. The van der Waals surface area contributed by atoms with Crippen molar-refractivity contribution in [2.45, 2.75) is 44.1 Å². The molecule has 6 heteroatoms. The summed E-state index contributed by atoms with van der Waals surface area (Å²) < 4.78 is 0. The fourth-order valence-electron chi connectivity index (χ4n) is 3.20. The summed E-state index contributed by atoms with van der Waals surface area (Å²) in [7, 11) is 0. The Balaban J connectivity index is 1.94. The first-order valence-corrected chi connectivity index (χ1v) is 7.95. The van der Waals surface area contributed by atoms with Crippen LogP contribution in [0.25, 0.3) is 0 Å². The Bertz CT molecular complexity index is 595. The smallest absolute Gasteiger partial charge is 0.325 e. The van der Waals surface area contributed by atoms with Crippen LogP contribution in [-0.4, -0.2) is 17.4 Å². The van der Waals surface area contributed by atoms with E-state index in [1.54, 1.807) is 18.2 Å². The Morgan fingerprint density at radius 3 is 2.38 bits per heavy atom. The number of nitrogens with one attached hydrogen (secondary N) is 2. The lowest BCUT2D eigenvalue weighted by Gasteiger charge is -2.27. The van der Waals surface area contributed by atoms with E-state index in [9.17, 15) is 4.79 Å². The number of benzene rings is 1. The molecule has 1 aliphatic heterocycles. The highest BCUT2D eigenvalue weighted by Crippen LogP contribution is 2.36. The van der Waals surface area contributed by atoms with Crippen LogP contribution in [0.15, 0.2) is 18.2 Å². The molecule has 1 aromatic carbocycles. The Labute approximate surface area is 133 Å². The molecule has 1 aliphatic carbocycles. The molecule has 0 aromatic heterocycles. The van der Waals surface area contributed by atoms with Crippen LogP contribution >= 0.6 is 23.2 Å². The van der Waals surface area contributed by atoms with E-state index in [-0.39, 0.29) is 6.03 Å². The van der Waals surface area contributed by atoms with Crippen molar-refractivity contribution < 1.29 is 4.79 Å². The van der Waals surface area contributed by atoms with Crippen molar-refractivity contribution in [2.75, 3.05) is 4.90 Å². The number of anilines is 1. The first-order chi connectivity index (χ1) is 10.0. The molecule has 4 nitrogen and oxygen atoms in total. The quantitative estimate of drug-likeness (QED) is 0.779. The molecule has 2 N–H and O–H groups in total. The fourth-order valence-corrected chi connectivity index (χ4v) is 3.49. The van der Waals surface area contributed by atoms with E-state index in [0.717, 1.165) is 38.5 Å². The number of carbonyl (C=O) groups excluding carboxylic acids is 1.